The van der Waals surface area contributed by atoms with Crippen LogP contribution in [0.15, 0.2) is 24.3 Å². The van der Waals surface area contributed by atoms with Gasteiger partial charge < -0.3 is 10.5 Å². The first-order valence-corrected chi connectivity index (χ1v) is 6.07. The highest BCUT2D eigenvalue weighted by molar-refractivity contribution is 5.75. The normalized spacial score (nSPS) is 17.6. The zero-order valence-corrected chi connectivity index (χ0v) is 10.1. The van der Waals surface area contributed by atoms with Crippen molar-refractivity contribution in [3.8, 4) is 5.75 Å². The van der Waals surface area contributed by atoms with E-state index in [1.165, 1.54) is 6.07 Å². The van der Waals surface area contributed by atoms with Crippen LogP contribution >= 0.6 is 0 Å². The molecule has 1 amide bonds. The molecule has 98 valence electrons. The fourth-order valence-corrected chi connectivity index (χ4v) is 2.13. The van der Waals surface area contributed by atoms with Crippen LogP contribution in [0.1, 0.15) is 12.8 Å². The van der Waals surface area contributed by atoms with Crippen molar-refractivity contribution in [2.24, 2.45) is 5.73 Å². The van der Waals surface area contributed by atoms with E-state index in [4.69, 9.17) is 10.5 Å². The van der Waals surface area contributed by atoms with Crippen LogP contribution in [-0.2, 0) is 4.79 Å². The van der Waals surface area contributed by atoms with E-state index in [-0.39, 0.29) is 24.4 Å². The van der Waals surface area contributed by atoms with Gasteiger partial charge in [0.1, 0.15) is 6.10 Å². The molecule has 1 aromatic carbocycles. The minimum atomic E-state index is -0.336. The van der Waals surface area contributed by atoms with Gasteiger partial charge in [-0.05, 0) is 25.0 Å². The van der Waals surface area contributed by atoms with Crippen LogP contribution < -0.4 is 10.5 Å². The molecule has 1 saturated heterocycles. The second-order valence-corrected chi connectivity index (χ2v) is 4.49. The third-order valence-corrected chi connectivity index (χ3v) is 3.04. The number of rotatable bonds is 4. The van der Waals surface area contributed by atoms with Gasteiger partial charge in [0.25, 0.3) is 0 Å². The molecule has 5 heteroatoms. The Morgan fingerprint density at radius 3 is 2.67 bits per heavy atom. The maximum Gasteiger partial charge on any atom is 0.231 e. The number of amides is 1. The molecule has 0 atom stereocenters. The summed E-state index contributed by atoms with van der Waals surface area (Å²) in [6, 6.07) is 6.40. The number of benzene rings is 1. The number of likely N-dealkylation sites (tertiary alicyclic amines) is 1. The molecule has 18 heavy (non-hydrogen) atoms. The van der Waals surface area contributed by atoms with E-state index in [2.05, 4.69) is 0 Å². The molecule has 2 rings (SSSR count). The van der Waals surface area contributed by atoms with Crippen molar-refractivity contribution < 1.29 is 13.9 Å². The quantitative estimate of drug-likeness (QED) is 0.874. The van der Waals surface area contributed by atoms with Gasteiger partial charge in [-0.3, -0.25) is 9.69 Å². The lowest BCUT2D eigenvalue weighted by molar-refractivity contribution is -0.119. The lowest BCUT2D eigenvalue weighted by Gasteiger charge is -2.31. The van der Waals surface area contributed by atoms with Crippen LogP contribution in [0, 0.1) is 5.82 Å². The number of para-hydroxylation sites is 1. The molecule has 1 aliphatic heterocycles. The first-order valence-electron chi connectivity index (χ1n) is 6.07. The maximum atomic E-state index is 13.4. The number of nitrogens with zero attached hydrogens (tertiary/aromatic N) is 1. The Morgan fingerprint density at radius 1 is 1.39 bits per heavy atom. The van der Waals surface area contributed by atoms with Crippen LogP contribution in [0.4, 0.5) is 4.39 Å². The molecule has 1 fully saturated rings. The van der Waals surface area contributed by atoms with Crippen molar-refractivity contribution >= 4 is 5.91 Å². The highest BCUT2D eigenvalue weighted by atomic mass is 19.1. The largest absolute Gasteiger partial charge is 0.487 e. The summed E-state index contributed by atoms with van der Waals surface area (Å²) in [5, 5.41) is 0. The van der Waals surface area contributed by atoms with E-state index in [9.17, 15) is 9.18 Å². The molecule has 1 heterocycles. The van der Waals surface area contributed by atoms with Crippen molar-refractivity contribution in [1.29, 1.82) is 0 Å². The topological polar surface area (TPSA) is 55.6 Å². The second kappa shape index (κ2) is 5.82. The Balaban J connectivity index is 1.84. The molecule has 0 unspecified atom stereocenters. The van der Waals surface area contributed by atoms with Crippen molar-refractivity contribution in [2.45, 2.75) is 18.9 Å². The van der Waals surface area contributed by atoms with Gasteiger partial charge in [0, 0.05) is 13.1 Å². The van der Waals surface area contributed by atoms with Crippen LogP contribution in [-0.4, -0.2) is 36.5 Å². The third kappa shape index (κ3) is 3.43. The van der Waals surface area contributed by atoms with Gasteiger partial charge in [0.15, 0.2) is 11.6 Å². The van der Waals surface area contributed by atoms with E-state index in [0.717, 1.165) is 25.9 Å². The summed E-state index contributed by atoms with van der Waals surface area (Å²) in [5.41, 5.74) is 5.14. The van der Waals surface area contributed by atoms with E-state index in [1.54, 1.807) is 18.2 Å². The summed E-state index contributed by atoms with van der Waals surface area (Å²) < 4.78 is 19.0. The number of hydrogen-bond acceptors (Lipinski definition) is 3. The van der Waals surface area contributed by atoms with Gasteiger partial charge in [-0.25, -0.2) is 4.39 Å². The number of primary amides is 1. The zero-order valence-electron chi connectivity index (χ0n) is 10.1. The molecule has 0 saturated carbocycles. The van der Waals surface area contributed by atoms with Crippen molar-refractivity contribution in [2.75, 3.05) is 19.6 Å². The molecule has 0 spiro atoms. The number of nitrogens with two attached hydrogens (primary N) is 1. The third-order valence-electron chi connectivity index (χ3n) is 3.04. The van der Waals surface area contributed by atoms with Crippen molar-refractivity contribution in [1.82, 2.24) is 4.90 Å². The lowest BCUT2D eigenvalue weighted by Crippen LogP contribution is -2.42. The highest BCUT2D eigenvalue weighted by Crippen LogP contribution is 2.21. The number of hydrogen-bond donors (Lipinski definition) is 1. The van der Waals surface area contributed by atoms with Gasteiger partial charge in [0.05, 0.1) is 6.54 Å². The number of piperidine rings is 1. The Kier molecular flexibility index (Phi) is 4.15. The van der Waals surface area contributed by atoms with Crippen LogP contribution in [0.5, 0.6) is 5.75 Å². The number of carbonyl (C=O) groups is 1. The molecule has 0 bridgehead atoms. The molecule has 1 aliphatic rings. The smallest absolute Gasteiger partial charge is 0.231 e. The first-order chi connectivity index (χ1) is 8.65. The summed E-state index contributed by atoms with van der Waals surface area (Å²) in [6.45, 7) is 1.79. The average molecular weight is 252 g/mol. The maximum absolute atomic E-state index is 13.4. The number of halogens is 1. The van der Waals surface area contributed by atoms with Crippen molar-refractivity contribution in [3.05, 3.63) is 30.1 Å². The van der Waals surface area contributed by atoms with Crippen LogP contribution in [0.2, 0.25) is 0 Å². The summed E-state index contributed by atoms with van der Waals surface area (Å²) in [6.07, 6.45) is 1.56. The molecule has 0 aliphatic carbocycles. The van der Waals surface area contributed by atoms with E-state index < -0.39 is 0 Å². The molecular formula is C13H17FN2O2. The molecule has 2 N–H and O–H groups in total. The van der Waals surface area contributed by atoms with Gasteiger partial charge in [-0.15, -0.1) is 0 Å². The summed E-state index contributed by atoms with van der Waals surface area (Å²) in [4.78, 5) is 12.8. The zero-order chi connectivity index (χ0) is 13.0. The van der Waals surface area contributed by atoms with E-state index >= 15 is 0 Å². The molecular weight excluding hydrogens is 235 g/mol. The van der Waals surface area contributed by atoms with Gasteiger partial charge >= 0.3 is 0 Å². The summed E-state index contributed by atoms with van der Waals surface area (Å²) >= 11 is 0. The standard InChI is InChI=1S/C13H17FN2O2/c14-11-3-1-2-4-12(11)18-10-5-7-16(8-6-10)9-13(15)17/h1-4,10H,5-9H2,(H2,15,17). The predicted molar refractivity (Wildman–Crippen MR) is 65.7 cm³/mol. The summed E-state index contributed by atoms with van der Waals surface area (Å²) in [7, 11) is 0. The van der Waals surface area contributed by atoms with E-state index in [0.29, 0.717) is 5.75 Å². The summed E-state index contributed by atoms with van der Waals surface area (Å²) in [5.74, 6) is -0.355. The predicted octanol–water partition coefficient (Wildman–Crippen LogP) is 1.15. The first kappa shape index (κ1) is 12.8. The number of carbonyl (C=O) groups excluding carboxylic acids is 1. The van der Waals surface area contributed by atoms with Gasteiger partial charge in [-0.2, -0.15) is 0 Å². The lowest BCUT2D eigenvalue weighted by atomic mass is 10.1. The van der Waals surface area contributed by atoms with E-state index in [1.807, 2.05) is 4.90 Å². The van der Waals surface area contributed by atoms with Gasteiger partial charge in [0.2, 0.25) is 5.91 Å². The molecule has 0 aromatic heterocycles. The van der Waals surface area contributed by atoms with Crippen LogP contribution in [0.25, 0.3) is 0 Å². The Hall–Kier alpha value is -1.62. The second-order valence-electron chi connectivity index (χ2n) is 4.49. The Labute approximate surface area is 106 Å². The van der Waals surface area contributed by atoms with Gasteiger partial charge in [-0.1, -0.05) is 12.1 Å². The Bertz CT molecular complexity index is 417. The SMILES string of the molecule is NC(=O)CN1CCC(Oc2ccccc2F)CC1. The average Bonchev–Trinajstić information content (AvgIpc) is 2.34. The molecule has 1 aromatic rings. The highest BCUT2D eigenvalue weighted by Gasteiger charge is 2.22. The fourth-order valence-electron chi connectivity index (χ4n) is 2.13. The number of ether oxygens (including phenoxy) is 1. The minimum Gasteiger partial charge on any atom is -0.487 e. The van der Waals surface area contributed by atoms with Crippen molar-refractivity contribution in [3.63, 3.8) is 0 Å². The minimum absolute atomic E-state index is 0.00558. The Morgan fingerprint density at radius 2 is 2.06 bits per heavy atom. The van der Waals surface area contributed by atoms with Crippen LogP contribution in [0.3, 0.4) is 0 Å². The fraction of sp³-hybridized carbons (Fsp3) is 0.462. The molecule has 4 nitrogen and oxygen atoms in total. The monoisotopic (exact) mass is 252 g/mol. The molecule has 0 radical (unpaired) electrons.